The van der Waals surface area contributed by atoms with Crippen LogP contribution >= 0.6 is 7.75 Å². The van der Waals surface area contributed by atoms with Gasteiger partial charge in [0.25, 0.3) is 0 Å². The monoisotopic (exact) mass is 449 g/mol. The summed E-state index contributed by atoms with van der Waals surface area (Å²) in [4.78, 5) is 23.4. The van der Waals surface area contributed by atoms with Crippen molar-refractivity contribution in [2.75, 3.05) is 13.6 Å². The molecule has 0 aliphatic carbocycles. The van der Waals surface area contributed by atoms with Crippen LogP contribution in [0, 0.1) is 0 Å². The third kappa shape index (κ3) is 11.5. The summed E-state index contributed by atoms with van der Waals surface area (Å²) in [6.45, 7) is -1.22. The number of ether oxygens (including phenoxy) is 2. The number of aryl methyl sites for hydroxylation is 2. The van der Waals surface area contributed by atoms with Gasteiger partial charge in [-0.2, -0.15) is 0 Å². The van der Waals surface area contributed by atoms with Crippen LogP contribution < -0.4 is 5.50 Å². The number of carbonyl (C=O) groups is 2. The zero-order valence-electron chi connectivity index (χ0n) is 17.3. The Morgan fingerprint density at radius 3 is 1.48 bits per heavy atom. The van der Waals surface area contributed by atoms with Crippen molar-refractivity contribution in [2.24, 2.45) is 5.50 Å². The van der Waals surface area contributed by atoms with Gasteiger partial charge in [0.2, 0.25) is 13.6 Å². The first-order chi connectivity index (χ1) is 14.9. The summed E-state index contributed by atoms with van der Waals surface area (Å²) in [6, 6.07) is 19.5. The molecule has 0 atom stereocenters. The Hall–Kier alpha value is -2.51. The summed E-state index contributed by atoms with van der Waals surface area (Å²) in [6.07, 6.45) is 3.08. The van der Waals surface area contributed by atoms with Crippen LogP contribution in [0.2, 0.25) is 0 Å². The van der Waals surface area contributed by atoms with E-state index in [1.54, 1.807) is 0 Å². The molecule has 9 heteroatoms. The molecule has 0 radical (unpaired) electrons. The molecule has 0 aliphatic heterocycles. The minimum Gasteiger partial charge on any atom is -0.438 e. The predicted molar refractivity (Wildman–Crippen MR) is 115 cm³/mol. The van der Waals surface area contributed by atoms with Crippen molar-refractivity contribution in [1.29, 1.82) is 0 Å². The minimum atomic E-state index is -4.01. The molecule has 0 fully saturated rings. The average Bonchev–Trinajstić information content (AvgIpc) is 2.75. The second kappa shape index (κ2) is 13.7. The van der Waals surface area contributed by atoms with E-state index in [-0.39, 0.29) is 12.8 Å². The van der Waals surface area contributed by atoms with E-state index in [2.05, 4.69) is 0 Å². The fraction of sp³-hybridized carbons (Fsp3) is 0.364. The van der Waals surface area contributed by atoms with E-state index < -0.39 is 33.3 Å². The maximum atomic E-state index is 11.9. The number of rotatable bonds is 14. The van der Waals surface area contributed by atoms with Crippen molar-refractivity contribution in [2.45, 2.75) is 38.5 Å². The summed E-state index contributed by atoms with van der Waals surface area (Å²) < 4.78 is 31.1. The minimum absolute atomic E-state index is 0.189. The summed E-state index contributed by atoms with van der Waals surface area (Å²) in [5, 5.41) is 0. The Balaban J connectivity index is 1.51. The topological polar surface area (TPSA) is 114 Å². The third-order valence-electron chi connectivity index (χ3n) is 4.28. The van der Waals surface area contributed by atoms with E-state index in [1.807, 2.05) is 60.7 Å². The highest BCUT2D eigenvalue weighted by Crippen LogP contribution is 2.38. The molecule has 8 nitrogen and oxygen atoms in total. The fourth-order valence-electron chi connectivity index (χ4n) is 2.68. The van der Waals surface area contributed by atoms with Gasteiger partial charge >= 0.3 is 19.7 Å². The van der Waals surface area contributed by atoms with E-state index in [0.717, 1.165) is 24.0 Å². The van der Waals surface area contributed by atoms with Crippen LogP contribution in [0.1, 0.15) is 36.8 Å². The normalized spacial score (nSPS) is 11.1. The van der Waals surface area contributed by atoms with Gasteiger partial charge in [0.1, 0.15) is 0 Å². The number of carbonyl (C=O) groups excluding carboxylic acids is 2. The highest BCUT2D eigenvalue weighted by molar-refractivity contribution is 7.51. The van der Waals surface area contributed by atoms with Crippen LogP contribution in [0.15, 0.2) is 60.7 Å². The van der Waals surface area contributed by atoms with Gasteiger partial charge in [0.05, 0.1) is 0 Å². The number of benzene rings is 2. The van der Waals surface area contributed by atoms with Crippen molar-refractivity contribution < 1.29 is 32.7 Å². The first kappa shape index (κ1) is 24.8. The van der Waals surface area contributed by atoms with Crippen LogP contribution in [0.25, 0.3) is 0 Å². The van der Waals surface area contributed by atoms with Crippen molar-refractivity contribution in [3.63, 3.8) is 0 Å². The Morgan fingerprint density at radius 2 is 1.10 bits per heavy atom. The molecule has 2 N–H and O–H groups in total. The maximum Gasteiger partial charge on any atom is 0.408 e. The molecule has 31 heavy (non-hydrogen) atoms. The molecule has 0 aliphatic rings. The number of hydrogen-bond donors (Lipinski definition) is 1. The summed E-state index contributed by atoms with van der Waals surface area (Å²) in [7, 11) is -4.01. The molecule has 0 heterocycles. The van der Waals surface area contributed by atoms with Crippen molar-refractivity contribution >= 4 is 19.7 Å². The van der Waals surface area contributed by atoms with E-state index in [0.29, 0.717) is 12.8 Å². The molecular formula is C22H28NO7P. The van der Waals surface area contributed by atoms with Crippen LogP contribution in [0.3, 0.4) is 0 Å². The SMILES string of the molecule is NP(=O)(OCOC(=O)CCCc1ccccc1)OCOC(=O)CCCc1ccccc1. The Kier molecular flexibility index (Phi) is 11.0. The average molecular weight is 449 g/mol. The lowest BCUT2D eigenvalue weighted by Gasteiger charge is -2.13. The van der Waals surface area contributed by atoms with Gasteiger partial charge in [0, 0.05) is 12.8 Å². The van der Waals surface area contributed by atoms with Crippen LogP contribution in [0.4, 0.5) is 0 Å². The summed E-state index contributed by atoms with van der Waals surface area (Å²) in [5.41, 5.74) is 7.62. The van der Waals surface area contributed by atoms with Crippen LogP contribution in [-0.2, 0) is 45.5 Å². The molecule has 2 aromatic rings. The zero-order chi connectivity index (χ0) is 22.4. The number of esters is 2. The van der Waals surface area contributed by atoms with E-state index in [1.165, 1.54) is 0 Å². The van der Waals surface area contributed by atoms with E-state index >= 15 is 0 Å². The van der Waals surface area contributed by atoms with Crippen molar-refractivity contribution in [3.8, 4) is 0 Å². The maximum absolute atomic E-state index is 11.9. The third-order valence-corrected chi connectivity index (χ3v) is 5.21. The molecule has 0 aromatic heterocycles. The molecule has 0 amide bonds. The molecule has 2 rings (SSSR count). The van der Waals surface area contributed by atoms with Crippen molar-refractivity contribution in [1.82, 2.24) is 0 Å². The molecular weight excluding hydrogens is 421 g/mol. The van der Waals surface area contributed by atoms with Gasteiger partial charge in [-0.15, -0.1) is 0 Å². The first-order valence-electron chi connectivity index (χ1n) is 10.0. The molecule has 168 valence electrons. The quantitative estimate of drug-likeness (QED) is 0.260. The zero-order valence-corrected chi connectivity index (χ0v) is 18.2. The molecule has 0 saturated heterocycles. The largest absolute Gasteiger partial charge is 0.438 e. The highest BCUT2D eigenvalue weighted by atomic mass is 31.2. The van der Waals surface area contributed by atoms with Crippen molar-refractivity contribution in [3.05, 3.63) is 71.8 Å². The predicted octanol–water partition coefficient (Wildman–Crippen LogP) is 4.13. The van der Waals surface area contributed by atoms with Gasteiger partial charge in [-0.25, -0.2) is 10.1 Å². The Bertz CT molecular complexity index is 778. The molecule has 0 bridgehead atoms. The molecule has 2 aromatic carbocycles. The first-order valence-corrected chi connectivity index (χ1v) is 11.6. The highest BCUT2D eigenvalue weighted by Gasteiger charge is 2.20. The molecule has 0 spiro atoms. The second-order valence-corrected chi connectivity index (χ2v) is 8.34. The standard InChI is InChI=1S/C22H28NO7P/c23-31(26,29-17-27-21(24)15-7-13-19-9-3-1-4-10-19)30-18-28-22(25)16-8-14-20-11-5-2-6-12-20/h1-6,9-12H,7-8,13-18H2,(H2,23,26). The van der Waals surface area contributed by atoms with Gasteiger partial charge in [0.15, 0.2) is 0 Å². The van der Waals surface area contributed by atoms with Gasteiger partial charge in [-0.1, -0.05) is 60.7 Å². The Morgan fingerprint density at radius 1 is 0.710 bits per heavy atom. The van der Waals surface area contributed by atoms with E-state index in [9.17, 15) is 14.2 Å². The molecule has 0 saturated carbocycles. The summed E-state index contributed by atoms with van der Waals surface area (Å²) in [5.74, 6) is -0.999. The second-order valence-electron chi connectivity index (χ2n) is 6.74. The fourth-order valence-corrected chi connectivity index (χ4v) is 3.15. The molecule has 0 unspecified atom stereocenters. The number of hydrogen-bond acceptors (Lipinski definition) is 7. The lowest BCUT2D eigenvalue weighted by atomic mass is 10.1. The van der Waals surface area contributed by atoms with Gasteiger partial charge in [-0.05, 0) is 36.8 Å². The Labute approximate surface area is 182 Å². The van der Waals surface area contributed by atoms with Crippen LogP contribution in [0.5, 0.6) is 0 Å². The van der Waals surface area contributed by atoms with E-state index in [4.69, 9.17) is 24.0 Å². The summed E-state index contributed by atoms with van der Waals surface area (Å²) >= 11 is 0. The number of nitrogens with two attached hydrogens (primary N) is 1. The lowest BCUT2D eigenvalue weighted by molar-refractivity contribution is -0.152. The van der Waals surface area contributed by atoms with Gasteiger partial charge < -0.3 is 9.47 Å². The van der Waals surface area contributed by atoms with Gasteiger partial charge in [-0.3, -0.25) is 18.6 Å². The van der Waals surface area contributed by atoms with Crippen LogP contribution in [-0.4, -0.2) is 25.5 Å². The lowest BCUT2D eigenvalue weighted by Crippen LogP contribution is -2.14. The smallest absolute Gasteiger partial charge is 0.408 e.